The molecule has 1 fully saturated rings. The SMILES string of the molecule is C[C@@H]1CNCCN1C(=O)c1cccn(C)c1=O.Cl. The van der Waals surface area contributed by atoms with Crippen LogP contribution < -0.4 is 10.9 Å². The maximum atomic E-state index is 12.3. The van der Waals surface area contributed by atoms with E-state index in [0.717, 1.165) is 13.1 Å². The molecule has 5 nitrogen and oxygen atoms in total. The summed E-state index contributed by atoms with van der Waals surface area (Å²) in [4.78, 5) is 25.9. The highest BCUT2D eigenvalue weighted by molar-refractivity contribution is 5.94. The third kappa shape index (κ3) is 2.73. The van der Waals surface area contributed by atoms with Crippen molar-refractivity contribution in [3.63, 3.8) is 0 Å². The minimum Gasteiger partial charge on any atom is -0.333 e. The van der Waals surface area contributed by atoms with Gasteiger partial charge in [0.25, 0.3) is 11.5 Å². The summed E-state index contributed by atoms with van der Waals surface area (Å²) >= 11 is 0. The summed E-state index contributed by atoms with van der Waals surface area (Å²) in [6, 6.07) is 3.45. The fourth-order valence-electron chi connectivity index (χ4n) is 2.06. The van der Waals surface area contributed by atoms with E-state index in [4.69, 9.17) is 0 Å². The minimum atomic E-state index is -0.233. The third-order valence-electron chi connectivity index (χ3n) is 3.12. The second kappa shape index (κ2) is 6.02. The standard InChI is InChI=1S/C12H17N3O2.ClH/c1-9-8-13-5-7-15(9)12(17)10-4-3-6-14(2)11(10)16;/h3-4,6,9,13H,5,7-8H2,1-2H3;1H/t9-;/m1./s1. The third-order valence-corrected chi connectivity index (χ3v) is 3.12. The zero-order chi connectivity index (χ0) is 12.4. The van der Waals surface area contributed by atoms with Gasteiger partial charge >= 0.3 is 0 Å². The Labute approximate surface area is 112 Å². The number of rotatable bonds is 1. The van der Waals surface area contributed by atoms with Gasteiger partial charge in [-0.1, -0.05) is 0 Å². The van der Waals surface area contributed by atoms with Gasteiger partial charge in [-0.3, -0.25) is 9.59 Å². The Bertz CT molecular complexity index is 486. The van der Waals surface area contributed by atoms with Crippen LogP contribution in [0.5, 0.6) is 0 Å². The van der Waals surface area contributed by atoms with Gasteiger partial charge in [-0.15, -0.1) is 12.4 Å². The van der Waals surface area contributed by atoms with Crippen molar-refractivity contribution in [3.8, 4) is 0 Å². The summed E-state index contributed by atoms with van der Waals surface area (Å²) in [5.74, 6) is -0.166. The molecule has 1 amide bonds. The lowest BCUT2D eigenvalue weighted by Gasteiger charge is -2.33. The topological polar surface area (TPSA) is 54.3 Å². The Kier molecular flexibility index (Phi) is 4.93. The van der Waals surface area contributed by atoms with Crippen molar-refractivity contribution in [2.45, 2.75) is 13.0 Å². The normalized spacial score (nSPS) is 19.2. The largest absolute Gasteiger partial charge is 0.333 e. The molecule has 0 saturated carbocycles. The quantitative estimate of drug-likeness (QED) is 0.796. The van der Waals surface area contributed by atoms with Gasteiger partial charge in [0.1, 0.15) is 5.56 Å². The van der Waals surface area contributed by atoms with Crippen LogP contribution in [-0.4, -0.2) is 41.1 Å². The summed E-state index contributed by atoms with van der Waals surface area (Å²) < 4.78 is 1.43. The molecule has 1 N–H and O–H groups in total. The lowest BCUT2D eigenvalue weighted by molar-refractivity contribution is 0.0653. The van der Waals surface area contributed by atoms with Gasteiger partial charge in [-0.2, -0.15) is 0 Å². The Balaban J connectivity index is 0.00000162. The monoisotopic (exact) mass is 271 g/mol. The molecule has 0 unspecified atom stereocenters. The van der Waals surface area contributed by atoms with Crippen molar-refractivity contribution in [2.24, 2.45) is 7.05 Å². The van der Waals surface area contributed by atoms with Crippen LogP contribution in [0.1, 0.15) is 17.3 Å². The molecule has 0 aliphatic carbocycles. The number of hydrogen-bond acceptors (Lipinski definition) is 3. The number of carbonyl (C=O) groups is 1. The average Bonchev–Trinajstić information content (AvgIpc) is 2.32. The van der Waals surface area contributed by atoms with Crippen molar-refractivity contribution in [3.05, 3.63) is 34.2 Å². The van der Waals surface area contributed by atoms with Crippen LogP contribution in [0.25, 0.3) is 0 Å². The van der Waals surface area contributed by atoms with Crippen molar-refractivity contribution in [1.29, 1.82) is 0 Å². The molecular formula is C12H18ClN3O2. The van der Waals surface area contributed by atoms with Crippen LogP contribution in [0.4, 0.5) is 0 Å². The first-order valence-electron chi connectivity index (χ1n) is 5.78. The van der Waals surface area contributed by atoms with E-state index in [1.54, 1.807) is 30.3 Å². The smallest absolute Gasteiger partial charge is 0.263 e. The highest BCUT2D eigenvalue weighted by Crippen LogP contribution is 2.07. The summed E-state index contributed by atoms with van der Waals surface area (Å²) in [6.07, 6.45) is 1.65. The molecule has 1 aromatic rings. The highest BCUT2D eigenvalue weighted by atomic mass is 35.5. The molecule has 100 valence electrons. The van der Waals surface area contributed by atoms with Crippen molar-refractivity contribution in [2.75, 3.05) is 19.6 Å². The fourth-order valence-corrected chi connectivity index (χ4v) is 2.06. The lowest BCUT2D eigenvalue weighted by Crippen LogP contribution is -2.53. The van der Waals surface area contributed by atoms with Crippen LogP contribution in [0.15, 0.2) is 23.1 Å². The van der Waals surface area contributed by atoms with Crippen LogP contribution in [0, 0.1) is 0 Å². The van der Waals surface area contributed by atoms with Crippen LogP contribution >= 0.6 is 12.4 Å². The molecule has 1 saturated heterocycles. The molecule has 2 heterocycles. The summed E-state index contributed by atoms with van der Waals surface area (Å²) in [6.45, 7) is 4.19. The molecular weight excluding hydrogens is 254 g/mol. The molecule has 1 aliphatic heterocycles. The van der Waals surface area contributed by atoms with Crippen molar-refractivity contribution < 1.29 is 4.79 Å². The van der Waals surface area contributed by atoms with Crippen LogP contribution in [0.3, 0.4) is 0 Å². The van der Waals surface area contributed by atoms with Gasteiger partial charge in [0, 0.05) is 38.9 Å². The van der Waals surface area contributed by atoms with Gasteiger partial charge < -0.3 is 14.8 Å². The molecule has 18 heavy (non-hydrogen) atoms. The van der Waals surface area contributed by atoms with E-state index in [9.17, 15) is 9.59 Å². The number of aromatic nitrogens is 1. The molecule has 6 heteroatoms. The van der Waals surface area contributed by atoms with E-state index in [0.29, 0.717) is 6.54 Å². The van der Waals surface area contributed by atoms with E-state index < -0.39 is 0 Å². The second-order valence-electron chi connectivity index (χ2n) is 4.39. The van der Waals surface area contributed by atoms with Crippen LogP contribution in [-0.2, 0) is 7.05 Å². The molecule has 0 spiro atoms. The number of halogens is 1. The molecule has 0 bridgehead atoms. The number of amides is 1. The number of carbonyl (C=O) groups excluding carboxylic acids is 1. The van der Waals surface area contributed by atoms with Gasteiger partial charge in [0.05, 0.1) is 0 Å². The molecule has 1 atom stereocenters. The Morgan fingerprint density at radius 1 is 1.50 bits per heavy atom. The molecule has 0 aromatic carbocycles. The number of nitrogens with zero attached hydrogens (tertiary/aromatic N) is 2. The molecule has 1 aromatic heterocycles. The summed E-state index contributed by atoms with van der Waals surface area (Å²) in [5.41, 5.74) is 0.0204. The number of pyridine rings is 1. The number of aryl methyl sites for hydroxylation is 1. The molecule has 1 aliphatic rings. The summed E-state index contributed by atoms with van der Waals surface area (Å²) in [7, 11) is 1.65. The van der Waals surface area contributed by atoms with E-state index in [2.05, 4.69) is 5.32 Å². The first-order valence-corrected chi connectivity index (χ1v) is 5.78. The van der Waals surface area contributed by atoms with Gasteiger partial charge in [0.15, 0.2) is 0 Å². The maximum absolute atomic E-state index is 12.3. The molecule has 0 radical (unpaired) electrons. The summed E-state index contributed by atoms with van der Waals surface area (Å²) in [5, 5.41) is 3.22. The Morgan fingerprint density at radius 2 is 2.22 bits per heavy atom. The van der Waals surface area contributed by atoms with Gasteiger partial charge in [-0.05, 0) is 19.1 Å². The lowest BCUT2D eigenvalue weighted by atomic mass is 10.1. The Hall–Kier alpha value is -1.33. The van der Waals surface area contributed by atoms with E-state index >= 15 is 0 Å². The first kappa shape index (κ1) is 14.7. The number of hydrogen-bond donors (Lipinski definition) is 1. The van der Waals surface area contributed by atoms with E-state index in [1.807, 2.05) is 6.92 Å². The molecule has 2 rings (SSSR count). The maximum Gasteiger partial charge on any atom is 0.263 e. The Morgan fingerprint density at radius 3 is 2.89 bits per heavy atom. The predicted molar refractivity (Wildman–Crippen MR) is 72.3 cm³/mol. The van der Waals surface area contributed by atoms with Crippen molar-refractivity contribution >= 4 is 18.3 Å². The highest BCUT2D eigenvalue weighted by Gasteiger charge is 2.25. The first-order chi connectivity index (χ1) is 8.11. The van der Waals surface area contributed by atoms with Crippen LogP contribution in [0.2, 0.25) is 0 Å². The zero-order valence-corrected chi connectivity index (χ0v) is 11.4. The van der Waals surface area contributed by atoms with Gasteiger partial charge in [-0.25, -0.2) is 0 Å². The predicted octanol–water partition coefficient (Wildman–Crippen LogP) is 0.241. The van der Waals surface area contributed by atoms with E-state index in [1.165, 1.54) is 4.57 Å². The van der Waals surface area contributed by atoms with Crippen molar-refractivity contribution in [1.82, 2.24) is 14.8 Å². The average molecular weight is 272 g/mol. The second-order valence-corrected chi connectivity index (χ2v) is 4.39. The minimum absolute atomic E-state index is 0. The fraction of sp³-hybridized carbons (Fsp3) is 0.500. The van der Waals surface area contributed by atoms with E-state index in [-0.39, 0.29) is 35.5 Å². The zero-order valence-electron chi connectivity index (χ0n) is 10.5. The number of piperazine rings is 1. The van der Waals surface area contributed by atoms with Gasteiger partial charge in [0.2, 0.25) is 0 Å². The number of nitrogens with one attached hydrogen (secondary N) is 1.